The molecule has 1 rings (SSSR count). The van der Waals surface area contributed by atoms with Gasteiger partial charge in [0.2, 0.25) is 0 Å². The van der Waals surface area contributed by atoms with Crippen molar-refractivity contribution in [3.63, 3.8) is 0 Å². The summed E-state index contributed by atoms with van der Waals surface area (Å²) in [4.78, 5) is 24.8. The van der Waals surface area contributed by atoms with Gasteiger partial charge in [0.15, 0.2) is 0 Å². The molecule has 0 unspecified atom stereocenters. The minimum Gasteiger partial charge on any atom is -0.352 e. The van der Waals surface area contributed by atoms with Crippen molar-refractivity contribution in [2.75, 3.05) is 13.1 Å². The third-order valence-corrected chi connectivity index (χ3v) is 4.55. The van der Waals surface area contributed by atoms with Crippen molar-refractivity contribution in [2.45, 2.75) is 78.1 Å². The Morgan fingerprint density at radius 1 is 0.654 bits per heavy atom. The van der Waals surface area contributed by atoms with Crippen LogP contribution in [0.3, 0.4) is 0 Å². The van der Waals surface area contributed by atoms with Gasteiger partial charge < -0.3 is 10.6 Å². The van der Waals surface area contributed by atoms with Gasteiger partial charge in [0.25, 0.3) is 11.8 Å². The van der Waals surface area contributed by atoms with Gasteiger partial charge in [0.05, 0.1) is 11.1 Å². The van der Waals surface area contributed by atoms with E-state index in [9.17, 15) is 9.59 Å². The third-order valence-electron chi connectivity index (χ3n) is 4.55. The van der Waals surface area contributed by atoms with Gasteiger partial charge in [0, 0.05) is 13.1 Å². The van der Waals surface area contributed by atoms with E-state index in [1.807, 2.05) is 0 Å². The van der Waals surface area contributed by atoms with E-state index in [0.717, 1.165) is 25.7 Å². The second-order valence-electron chi connectivity index (χ2n) is 6.89. The van der Waals surface area contributed by atoms with E-state index in [-0.39, 0.29) is 11.8 Å². The summed E-state index contributed by atoms with van der Waals surface area (Å²) in [5.74, 6) is -0.316. The predicted octanol–water partition coefficient (Wildman–Crippen LogP) is 5.09. The zero-order valence-electron chi connectivity index (χ0n) is 16.6. The van der Waals surface area contributed by atoms with E-state index >= 15 is 0 Å². The van der Waals surface area contributed by atoms with Gasteiger partial charge in [0.1, 0.15) is 0 Å². The fourth-order valence-electron chi connectivity index (χ4n) is 2.93. The van der Waals surface area contributed by atoms with Crippen molar-refractivity contribution in [1.82, 2.24) is 10.6 Å². The van der Waals surface area contributed by atoms with Gasteiger partial charge in [-0.1, -0.05) is 77.3 Å². The molecular weight excluding hydrogens is 324 g/mol. The third kappa shape index (κ3) is 9.02. The second kappa shape index (κ2) is 14.3. The Labute approximate surface area is 159 Å². The predicted molar refractivity (Wildman–Crippen MR) is 109 cm³/mol. The Balaban J connectivity index is 2.42. The topological polar surface area (TPSA) is 58.2 Å². The summed E-state index contributed by atoms with van der Waals surface area (Å²) < 4.78 is 0. The summed E-state index contributed by atoms with van der Waals surface area (Å²) in [7, 11) is 0. The molecule has 0 heterocycles. The zero-order valence-corrected chi connectivity index (χ0v) is 16.6. The highest BCUT2D eigenvalue weighted by atomic mass is 16.2. The van der Waals surface area contributed by atoms with Gasteiger partial charge in [-0.05, 0) is 25.0 Å². The lowest BCUT2D eigenvalue weighted by Gasteiger charge is -2.11. The van der Waals surface area contributed by atoms with Crippen LogP contribution in [0.1, 0.15) is 98.8 Å². The molecule has 0 aliphatic carbocycles. The first-order chi connectivity index (χ1) is 12.7. The maximum absolute atomic E-state index is 12.4. The SMILES string of the molecule is CCCCCCCNC(=O)c1ccccc1C(=O)NCCCCCCC. The van der Waals surface area contributed by atoms with Crippen LogP contribution >= 0.6 is 0 Å². The summed E-state index contributed by atoms with van der Waals surface area (Å²) in [6, 6.07) is 7.06. The van der Waals surface area contributed by atoms with E-state index in [1.54, 1.807) is 24.3 Å². The largest absolute Gasteiger partial charge is 0.352 e. The molecule has 0 bridgehead atoms. The molecule has 146 valence electrons. The van der Waals surface area contributed by atoms with Crippen LogP contribution in [0.15, 0.2) is 24.3 Å². The Kier molecular flexibility index (Phi) is 12.2. The summed E-state index contributed by atoms with van der Waals surface area (Å²) in [6.07, 6.45) is 11.6. The lowest BCUT2D eigenvalue weighted by Crippen LogP contribution is -2.30. The van der Waals surface area contributed by atoms with Gasteiger partial charge in [-0.2, -0.15) is 0 Å². The summed E-state index contributed by atoms with van der Waals surface area (Å²) in [5.41, 5.74) is 0.925. The summed E-state index contributed by atoms with van der Waals surface area (Å²) in [6.45, 7) is 5.70. The summed E-state index contributed by atoms with van der Waals surface area (Å²) in [5, 5.41) is 5.89. The number of hydrogen-bond donors (Lipinski definition) is 2. The van der Waals surface area contributed by atoms with E-state index in [1.165, 1.54) is 38.5 Å². The van der Waals surface area contributed by atoms with Crippen molar-refractivity contribution in [3.05, 3.63) is 35.4 Å². The minimum absolute atomic E-state index is 0.158. The van der Waals surface area contributed by atoms with Crippen molar-refractivity contribution in [3.8, 4) is 0 Å². The number of carbonyl (C=O) groups is 2. The maximum Gasteiger partial charge on any atom is 0.252 e. The van der Waals surface area contributed by atoms with Crippen LogP contribution < -0.4 is 10.6 Å². The second-order valence-corrected chi connectivity index (χ2v) is 6.89. The molecule has 0 aliphatic heterocycles. The molecule has 0 spiro atoms. The fourth-order valence-corrected chi connectivity index (χ4v) is 2.93. The number of hydrogen-bond acceptors (Lipinski definition) is 2. The van der Waals surface area contributed by atoms with Crippen LogP contribution in [0, 0.1) is 0 Å². The van der Waals surface area contributed by atoms with Crippen LogP contribution in [0.4, 0.5) is 0 Å². The van der Waals surface area contributed by atoms with Crippen LogP contribution in [0.2, 0.25) is 0 Å². The maximum atomic E-state index is 12.4. The molecule has 0 radical (unpaired) electrons. The van der Waals surface area contributed by atoms with Gasteiger partial charge in [-0.25, -0.2) is 0 Å². The molecule has 0 fully saturated rings. The molecule has 2 amide bonds. The molecule has 0 aromatic heterocycles. The number of rotatable bonds is 14. The molecule has 1 aromatic rings. The molecule has 0 atom stereocenters. The molecule has 26 heavy (non-hydrogen) atoms. The summed E-state index contributed by atoms with van der Waals surface area (Å²) >= 11 is 0. The number of carbonyl (C=O) groups excluding carboxylic acids is 2. The quantitative estimate of drug-likeness (QED) is 0.454. The molecule has 1 aromatic carbocycles. The average Bonchev–Trinajstić information content (AvgIpc) is 2.67. The van der Waals surface area contributed by atoms with Crippen LogP contribution in [-0.2, 0) is 0 Å². The first-order valence-corrected chi connectivity index (χ1v) is 10.4. The molecule has 0 saturated carbocycles. The van der Waals surface area contributed by atoms with Gasteiger partial charge in [-0.3, -0.25) is 9.59 Å². The van der Waals surface area contributed by atoms with Crippen molar-refractivity contribution >= 4 is 11.8 Å². The Morgan fingerprint density at radius 2 is 1.04 bits per heavy atom. The number of nitrogens with one attached hydrogen (secondary N) is 2. The average molecular weight is 361 g/mol. The molecule has 2 N–H and O–H groups in total. The lowest BCUT2D eigenvalue weighted by atomic mass is 10.1. The Morgan fingerprint density at radius 3 is 1.42 bits per heavy atom. The highest BCUT2D eigenvalue weighted by molar-refractivity contribution is 6.07. The standard InChI is InChI=1S/C22H36N2O2/c1-3-5-7-9-13-17-23-21(25)19-15-11-12-16-20(19)22(26)24-18-14-10-8-6-4-2/h11-12,15-16H,3-10,13-14,17-18H2,1-2H3,(H,23,25)(H,24,26). The smallest absolute Gasteiger partial charge is 0.252 e. The first kappa shape index (κ1) is 22.2. The Bertz CT molecular complexity index is 482. The number of amides is 2. The highest BCUT2D eigenvalue weighted by Crippen LogP contribution is 2.10. The van der Waals surface area contributed by atoms with Crippen molar-refractivity contribution in [2.24, 2.45) is 0 Å². The van der Waals surface area contributed by atoms with Crippen LogP contribution in [0.5, 0.6) is 0 Å². The number of benzene rings is 1. The zero-order chi connectivity index (χ0) is 19.0. The van der Waals surface area contributed by atoms with E-state index in [2.05, 4.69) is 24.5 Å². The first-order valence-electron chi connectivity index (χ1n) is 10.4. The molecular formula is C22H36N2O2. The van der Waals surface area contributed by atoms with Crippen molar-refractivity contribution < 1.29 is 9.59 Å². The van der Waals surface area contributed by atoms with Gasteiger partial charge in [-0.15, -0.1) is 0 Å². The number of unbranched alkanes of at least 4 members (excludes halogenated alkanes) is 8. The van der Waals surface area contributed by atoms with Crippen LogP contribution in [0.25, 0.3) is 0 Å². The highest BCUT2D eigenvalue weighted by Gasteiger charge is 2.15. The van der Waals surface area contributed by atoms with E-state index in [0.29, 0.717) is 24.2 Å². The normalized spacial score (nSPS) is 10.5. The molecule has 0 aliphatic rings. The van der Waals surface area contributed by atoms with E-state index in [4.69, 9.17) is 0 Å². The van der Waals surface area contributed by atoms with E-state index < -0.39 is 0 Å². The Hall–Kier alpha value is -1.84. The van der Waals surface area contributed by atoms with Gasteiger partial charge >= 0.3 is 0 Å². The monoisotopic (exact) mass is 360 g/mol. The fraction of sp³-hybridized carbons (Fsp3) is 0.636. The molecule has 4 nitrogen and oxygen atoms in total. The van der Waals surface area contributed by atoms with Crippen molar-refractivity contribution in [1.29, 1.82) is 0 Å². The minimum atomic E-state index is -0.158. The molecule has 0 saturated heterocycles. The lowest BCUT2D eigenvalue weighted by molar-refractivity contribution is 0.0918. The van der Waals surface area contributed by atoms with Crippen LogP contribution in [-0.4, -0.2) is 24.9 Å². The molecule has 4 heteroatoms.